The number of methoxy groups -OCH3 is 1. The summed E-state index contributed by atoms with van der Waals surface area (Å²) >= 11 is 1.40. The van der Waals surface area contributed by atoms with Crippen LogP contribution in [0.4, 0.5) is 5.13 Å². The van der Waals surface area contributed by atoms with E-state index >= 15 is 0 Å². The third kappa shape index (κ3) is 5.35. The van der Waals surface area contributed by atoms with Crippen molar-refractivity contribution in [3.63, 3.8) is 0 Å². The number of fused-ring (bicyclic) bond motifs is 2. The average molecular weight is 585 g/mol. The lowest BCUT2D eigenvalue weighted by Crippen LogP contribution is -2.58. The molecule has 0 bridgehead atoms. The highest BCUT2D eigenvalue weighted by Gasteiger charge is 2.59. The van der Waals surface area contributed by atoms with Crippen LogP contribution in [0.2, 0.25) is 0 Å². The van der Waals surface area contributed by atoms with Crippen LogP contribution in [-0.2, 0) is 16.0 Å². The molecular formula is C30H40N4O6S. The number of anilines is 1. The fourth-order valence-corrected chi connectivity index (χ4v) is 8.39. The molecule has 3 aliphatic rings. The first-order chi connectivity index (χ1) is 19.5. The van der Waals surface area contributed by atoms with Crippen LogP contribution < -0.4 is 15.8 Å². The standard InChI is InChI=1S/C30H40N4O6S/c1-29-11-8-23(36)30(2,16-35)22(29)15-21-25(20(29)14-24(37)34-12-9-17(10-13-34)26(31)38)32-28(41-21)33-27(39)18-4-6-19(40-3)7-5-18/h4-7,17,20,22-23,35-36H,8-16H2,1-3H3,(H2,31,38)(H,32,33,39). The van der Waals surface area contributed by atoms with Crippen molar-refractivity contribution in [3.8, 4) is 5.75 Å². The zero-order valence-corrected chi connectivity index (χ0v) is 24.7. The number of hydrogen-bond donors (Lipinski definition) is 4. The minimum Gasteiger partial charge on any atom is -0.497 e. The van der Waals surface area contributed by atoms with Gasteiger partial charge < -0.3 is 25.6 Å². The molecule has 3 amide bonds. The molecule has 1 aromatic carbocycles. The third-order valence-electron chi connectivity index (χ3n) is 10.1. The molecule has 5 N–H and O–H groups in total. The molecule has 5 rings (SSSR count). The number of nitrogens with one attached hydrogen (secondary N) is 1. The minimum absolute atomic E-state index is 0.000567. The predicted molar refractivity (Wildman–Crippen MR) is 155 cm³/mol. The number of piperidine rings is 1. The van der Waals surface area contributed by atoms with Gasteiger partial charge in [-0.1, -0.05) is 13.8 Å². The summed E-state index contributed by atoms with van der Waals surface area (Å²) in [6, 6.07) is 6.83. The van der Waals surface area contributed by atoms with Gasteiger partial charge in [-0.15, -0.1) is 11.3 Å². The molecule has 0 radical (unpaired) electrons. The van der Waals surface area contributed by atoms with Gasteiger partial charge in [-0.3, -0.25) is 19.7 Å². The number of primary amides is 1. The number of nitrogens with two attached hydrogens (primary N) is 1. The number of aliphatic hydroxyl groups is 2. The summed E-state index contributed by atoms with van der Waals surface area (Å²) in [7, 11) is 1.57. The first-order valence-corrected chi connectivity index (χ1v) is 15.1. The van der Waals surface area contributed by atoms with Gasteiger partial charge in [0.1, 0.15) is 5.75 Å². The monoisotopic (exact) mass is 584 g/mol. The quantitative estimate of drug-likeness (QED) is 0.390. The fourth-order valence-electron chi connectivity index (χ4n) is 7.33. The molecule has 2 aromatic rings. The van der Waals surface area contributed by atoms with Crippen molar-refractivity contribution in [2.75, 3.05) is 32.1 Å². The molecule has 2 aliphatic carbocycles. The van der Waals surface area contributed by atoms with Gasteiger partial charge in [-0.05, 0) is 67.7 Å². The smallest absolute Gasteiger partial charge is 0.257 e. The second-order valence-corrected chi connectivity index (χ2v) is 13.4. The van der Waals surface area contributed by atoms with Crippen molar-refractivity contribution in [3.05, 3.63) is 40.4 Å². The second kappa shape index (κ2) is 11.3. The zero-order chi connectivity index (χ0) is 29.5. The lowest BCUT2D eigenvalue weighted by atomic mass is 9.47. The van der Waals surface area contributed by atoms with E-state index in [0.29, 0.717) is 61.6 Å². The summed E-state index contributed by atoms with van der Waals surface area (Å²) < 4.78 is 5.19. The maximum atomic E-state index is 13.7. The highest BCUT2D eigenvalue weighted by molar-refractivity contribution is 7.15. The highest BCUT2D eigenvalue weighted by Crippen LogP contribution is 2.63. The Bertz CT molecular complexity index is 1310. The Hall–Kier alpha value is -3.02. The number of hydrogen-bond acceptors (Lipinski definition) is 8. The summed E-state index contributed by atoms with van der Waals surface area (Å²) in [4.78, 5) is 46.0. The van der Waals surface area contributed by atoms with Crippen molar-refractivity contribution in [1.82, 2.24) is 9.88 Å². The van der Waals surface area contributed by atoms with E-state index in [2.05, 4.69) is 12.2 Å². The molecule has 1 saturated heterocycles. The van der Waals surface area contributed by atoms with E-state index in [1.54, 1.807) is 31.4 Å². The molecular weight excluding hydrogens is 544 g/mol. The molecule has 0 spiro atoms. The van der Waals surface area contributed by atoms with Crippen LogP contribution in [0.1, 0.15) is 72.8 Å². The fraction of sp³-hybridized carbons (Fsp3) is 0.600. The molecule has 10 nitrogen and oxygen atoms in total. The Morgan fingerprint density at radius 3 is 2.46 bits per heavy atom. The largest absolute Gasteiger partial charge is 0.497 e. The van der Waals surface area contributed by atoms with E-state index in [0.717, 1.165) is 10.6 Å². The van der Waals surface area contributed by atoms with Gasteiger partial charge in [0, 0.05) is 47.2 Å². The zero-order valence-electron chi connectivity index (χ0n) is 23.9. The van der Waals surface area contributed by atoms with Crippen molar-refractivity contribution < 1.29 is 29.3 Å². The van der Waals surface area contributed by atoms with Gasteiger partial charge in [-0.25, -0.2) is 4.98 Å². The Labute approximate surface area is 244 Å². The van der Waals surface area contributed by atoms with E-state index in [9.17, 15) is 24.6 Å². The number of carbonyl (C=O) groups excluding carboxylic acids is 3. The molecule has 11 heteroatoms. The predicted octanol–water partition coefficient (Wildman–Crippen LogP) is 2.93. The van der Waals surface area contributed by atoms with Gasteiger partial charge in [0.05, 0.1) is 25.5 Å². The average Bonchev–Trinajstić information content (AvgIpc) is 3.38. The Morgan fingerprint density at radius 2 is 1.85 bits per heavy atom. The van der Waals surface area contributed by atoms with Crippen molar-refractivity contribution in [1.29, 1.82) is 0 Å². The number of nitrogens with zero attached hydrogens (tertiary/aromatic N) is 2. The first kappa shape index (κ1) is 29.5. The van der Waals surface area contributed by atoms with Crippen LogP contribution in [0.15, 0.2) is 24.3 Å². The van der Waals surface area contributed by atoms with Gasteiger partial charge in [0.2, 0.25) is 11.8 Å². The third-order valence-corrected chi connectivity index (χ3v) is 11.1. The number of carbonyl (C=O) groups is 3. The van der Waals surface area contributed by atoms with Crippen molar-refractivity contribution in [2.45, 2.75) is 64.4 Å². The molecule has 1 saturated carbocycles. The SMILES string of the molecule is COc1ccc(C(=O)Nc2nc3c(s2)CC2C(C)(CO)C(O)CCC2(C)C3CC(=O)N2CCC(C(N)=O)CC2)cc1. The van der Waals surface area contributed by atoms with E-state index in [1.807, 2.05) is 11.8 Å². The maximum Gasteiger partial charge on any atom is 0.257 e. The van der Waals surface area contributed by atoms with Gasteiger partial charge >= 0.3 is 0 Å². The number of likely N-dealkylation sites (tertiary alicyclic amines) is 1. The molecule has 222 valence electrons. The van der Waals surface area contributed by atoms with Gasteiger partial charge in [0.15, 0.2) is 5.13 Å². The van der Waals surface area contributed by atoms with Crippen LogP contribution >= 0.6 is 11.3 Å². The number of rotatable bonds is 7. The minimum atomic E-state index is -0.734. The summed E-state index contributed by atoms with van der Waals surface area (Å²) in [5.41, 5.74) is 5.66. The molecule has 1 aliphatic heterocycles. The van der Waals surface area contributed by atoms with Crippen LogP contribution in [0.3, 0.4) is 0 Å². The number of aromatic nitrogens is 1. The number of benzene rings is 1. The van der Waals surface area contributed by atoms with E-state index in [4.69, 9.17) is 15.5 Å². The molecule has 1 aromatic heterocycles. The summed E-state index contributed by atoms with van der Waals surface area (Å²) in [6.07, 6.45) is 2.52. The van der Waals surface area contributed by atoms with E-state index in [-0.39, 0.29) is 48.5 Å². The maximum absolute atomic E-state index is 13.7. The number of aliphatic hydroxyl groups excluding tert-OH is 2. The van der Waals surface area contributed by atoms with Crippen molar-refractivity contribution in [2.24, 2.45) is 28.4 Å². The Kier molecular flexibility index (Phi) is 8.15. The summed E-state index contributed by atoms with van der Waals surface area (Å²) in [6.45, 7) is 4.90. The topological polar surface area (TPSA) is 155 Å². The lowest BCUT2D eigenvalue weighted by molar-refractivity contribution is -0.148. The van der Waals surface area contributed by atoms with Crippen molar-refractivity contribution >= 4 is 34.2 Å². The number of ether oxygens (including phenoxy) is 1. The van der Waals surface area contributed by atoms with E-state index in [1.165, 1.54) is 11.3 Å². The van der Waals surface area contributed by atoms with E-state index < -0.39 is 16.9 Å². The van der Waals surface area contributed by atoms with Gasteiger partial charge in [-0.2, -0.15) is 0 Å². The lowest BCUT2D eigenvalue weighted by Gasteiger charge is -2.58. The number of amides is 3. The number of thiazole rings is 1. The summed E-state index contributed by atoms with van der Waals surface area (Å²) in [5.74, 6) is -0.494. The first-order valence-electron chi connectivity index (χ1n) is 14.3. The summed E-state index contributed by atoms with van der Waals surface area (Å²) in [5, 5.41) is 24.9. The molecule has 2 heterocycles. The second-order valence-electron chi connectivity index (χ2n) is 12.3. The highest BCUT2D eigenvalue weighted by atomic mass is 32.1. The van der Waals surface area contributed by atoms with Gasteiger partial charge in [0.25, 0.3) is 5.91 Å². The molecule has 2 fully saturated rings. The van der Waals surface area contributed by atoms with Crippen LogP contribution in [-0.4, -0.2) is 70.7 Å². The van der Waals surface area contributed by atoms with Crippen LogP contribution in [0, 0.1) is 22.7 Å². The Balaban J connectivity index is 1.44. The normalized spacial score (nSPS) is 29.8. The molecule has 5 atom stereocenters. The molecule has 5 unspecified atom stereocenters. The Morgan fingerprint density at radius 1 is 1.17 bits per heavy atom. The molecule has 41 heavy (non-hydrogen) atoms. The van der Waals surface area contributed by atoms with Crippen LogP contribution in [0.25, 0.3) is 0 Å². The van der Waals surface area contributed by atoms with Crippen LogP contribution in [0.5, 0.6) is 5.75 Å².